The first-order chi connectivity index (χ1) is 11.1. The first-order valence-corrected chi connectivity index (χ1v) is 8.54. The van der Waals surface area contributed by atoms with Gasteiger partial charge in [0.15, 0.2) is 0 Å². The van der Waals surface area contributed by atoms with E-state index in [1.807, 2.05) is 35.7 Å². The van der Waals surface area contributed by atoms with E-state index in [9.17, 15) is 15.0 Å². The summed E-state index contributed by atoms with van der Waals surface area (Å²) >= 11 is 1.58. The molecule has 0 radical (unpaired) electrons. The van der Waals surface area contributed by atoms with Gasteiger partial charge in [-0.25, -0.2) is 4.98 Å². The highest BCUT2D eigenvalue weighted by atomic mass is 32.1. The van der Waals surface area contributed by atoms with Gasteiger partial charge in [0, 0.05) is 18.1 Å². The number of hydrogen-bond donors (Lipinski definition) is 2. The number of carboxylic acid groups (broad SMARTS) is 1. The number of β-amino-alcohol motifs (C(OH)–C–C–N with tert-alkyl or cyclic N) is 1. The van der Waals surface area contributed by atoms with Gasteiger partial charge < -0.3 is 10.2 Å². The van der Waals surface area contributed by atoms with Gasteiger partial charge in [0.1, 0.15) is 10.4 Å². The van der Waals surface area contributed by atoms with Crippen LogP contribution in [0.1, 0.15) is 17.0 Å². The average Bonchev–Trinajstić information content (AvgIpc) is 3.04. The summed E-state index contributed by atoms with van der Waals surface area (Å²) in [6.45, 7) is 1.67. The van der Waals surface area contributed by atoms with Crippen molar-refractivity contribution in [3.05, 3.63) is 52.5 Å². The zero-order chi connectivity index (χ0) is 16.3. The fourth-order valence-electron chi connectivity index (χ4n) is 3.19. The van der Waals surface area contributed by atoms with E-state index < -0.39 is 17.5 Å². The largest absolute Gasteiger partial charge is 0.481 e. The maximum atomic E-state index is 11.9. The predicted octanol–water partition coefficient (Wildman–Crippen LogP) is 2.02. The number of nitrogens with zero attached hydrogens (tertiary/aromatic N) is 2. The molecule has 1 saturated heterocycles. The normalized spacial score (nSPS) is 25.3. The Hall–Kier alpha value is -1.76. The maximum Gasteiger partial charge on any atom is 0.312 e. The fraction of sp³-hybridized carbons (Fsp3) is 0.412. The Balaban J connectivity index is 1.73. The summed E-state index contributed by atoms with van der Waals surface area (Å²) < 4.78 is 0. The topological polar surface area (TPSA) is 73.7 Å². The lowest BCUT2D eigenvalue weighted by molar-refractivity contribution is -0.163. The smallest absolute Gasteiger partial charge is 0.312 e. The number of carbonyl (C=O) groups is 1. The molecule has 23 heavy (non-hydrogen) atoms. The van der Waals surface area contributed by atoms with Crippen LogP contribution in [0.3, 0.4) is 0 Å². The minimum absolute atomic E-state index is 0.357. The molecule has 2 aromatic rings. The van der Waals surface area contributed by atoms with Crippen molar-refractivity contribution in [2.24, 2.45) is 5.41 Å². The number of hydrogen-bond acceptors (Lipinski definition) is 5. The highest BCUT2D eigenvalue weighted by molar-refractivity contribution is 7.09. The van der Waals surface area contributed by atoms with E-state index in [1.54, 1.807) is 17.5 Å². The van der Waals surface area contributed by atoms with Crippen LogP contribution in [-0.4, -0.2) is 45.3 Å². The van der Waals surface area contributed by atoms with E-state index in [2.05, 4.69) is 9.88 Å². The highest BCUT2D eigenvalue weighted by Crippen LogP contribution is 2.36. The molecule has 6 heteroatoms. The third-order valence-corrected chi connectivity index (χ3v) is 5.34. The Bertz CT molecular complexity index is 647. The number of aliphatic carboxylic acids is 1. The van der Waals surface area contributed by atoms with Gasteiger partial charge in [-0.15, -0.1) is 11.3 Å². The lowest BCUT2D eigenvalue weighted by atomic mass is 9.71. The third kappa shape index (κ3) is 3.44. The zero-order valence-corrected chi connectivity index (χ0v) is 13.6. The van der Waals surface area contributed by atoms with Gasteiger partial charge in [-0.3, -0.25) is 9.69 Å². The Morgan fingerprint density at radius 3 is 2.78 bits per heavy atom. The fourth-order valence-corrected chi connectivity index (χ4v) is 3.85. The van der Waals surface area contributed by atoms with Crippen LogP contribution in [-0.2, 0) is 17.8 Å². The van der Waals surface area contributed by atoms with E-state index in [4.69, 9.17) is 0 Å². The van der Waals surface area contributed by atoms with Crippen LogP contribution in [0.2, 0.25) is 0 Å². The molecule has 0 bridgehead atoms. The number of carboxylic acids is 1. The molecule has 1 aromatic heterocycles. The van der Waals surface area contributed by atoms with Crippen LogP contribution in [0.25, 0.3) is 0 Å². The quantitative estimate of drug-likeness (QED) is 0.876. The Labute approximate surface area is 139 Å². The van der Waals surface area contributed by atoms with Crippen LogP contribution in [0.15, 0.2) is 41.9 Å². The summed E-state index contributed by atoms with van der Waals surface area (Å²) in [6, 6.07) is 9.53. The number of aliphatic hydroxyl groups is 1. The number of aromatic nitrogens is 1. The van der Waals surface area contributed by atoms with E-state index in [0.717, 1.165) is 10.6 Å². The lowest BCUT2D eigenvalue weighted by Gasteiger charge is -2.42. The summed E-state index contributed by atoms with van der Waals surface area (Å²) in [4.78, 5) is 18.3. The van der Waals surface area contributed by atoms with E-state index >= 15 is 0 Å². The average molecular weight is 332 g/mol. The van der Waals surface area contributed by atoms with Crippen LogP contribution >= 0.6 is 11.3 Å². The molecule has 122 valence electrons. The van der Waals surface area contributed by atoms with Crippen LogP contribution in [0.5, 0.6) is 0 Å². The molecule has 0 aliphatic carbocycles. The van der Waals surface area contributed by atoms with Gasteiger partial charge in [0.05, 0.1) is 12.6 Å². The SMILES string of the molecule is O=C(O)[C@@]1(Cc2ccccc2)CCN(Cc2nccs2)C[C@H]1O. The van der Waals surface area contributed by atoms with Gasteiger partial charge in [0.2, 0.25) is 0 Å². The molecule has 2 N–H and O–H groups in total. The first-order valence-electron chi connectivity index (χ1n) is 7.66. The molecule has 0 saturated carbocycles. The molecule has 0 unspecified atom stereocenters. The van der Waals surface area contributed by atoms with Crippen molar-refractivity contribution in [1.82, 2.24) is 9.88 Å². The van der Waals surface area contributed by atoms with Crippen molar-refractivity contribution in [1.29, 1.82) is 0 Å². The maximum absolute atomic E-state index is 11.9. The second kappa shape index (κ2) is 6.78. The summed E-state index contributed by atoms with van der Waals surface area (Å²) in [7, 11) is 0. The minimum Gasteiger partial charge on any atom is -0.481 e. The molecule has 5 nitrogen and oxygen atoms in total. The van der Waals surface area contributed by atoms with E-state index in [-0.39, 0.29) is 0 Å². The molecule has 1 fully saturated rings. The van der Waals surface area contributed by atoms with E-state index in [1.165, 1.54) is 0 Å². The number of likely N-dealkylation sites (tertiary alicyclic amines) is 1. The molecule has 2 heterocycles. The number of thiazole rings is 1. The number of piperidine rings is 1. The van der Waals surface area contributed by atoms with Gasteiger partial charge in [-0.1, -0.05) is 30.3 Å². The monoisotopic (exact) mass is 332 g/mol. The molecule has 2 atom stereocenters. The Morgan fingerprint density at radius 1 is 1.39 bits per heavy atom. The number of rotatable bonds is 5. The molecule has 3 rings (SSSR count). The molecule has 1 aromatic carbocycles. The van der Waals surface area contributed by atoms with Crippen molar-refractivity contribution in [3.63, 3.8) is 0 Å². The summed E-state index contributed by atoms with van der Waals surface area (Å²) in [6.07, 6.45) is 1.66. The van der Waals surface area contributed by atoms with Gasteiger partial charge in [-0.2, -0.15) is 0 Å². The van der Waals surface area contributed by atoms with Gasteiger partial charge >= 0.3 is 5.97 Å². The van der Waals surface area contributed by atoms with Crippen molar-refractivity contribution in [2.75, 3.05) is 13.1 Å². The van der Waals surface area contributed by atoms with Crippen molar-refractivity contribution in [2.45, 2.75) is 25.5 Å². The minimum atomic E-state index is -1.11. The summed E-state index contributed by atoms with van der Waals surface area (Å²) in [5, 5.41) is 23.3. The number of aliphatic hydroxyl groups excluding tert-OH is 1. The molecule has 0 amide bonds. The Kier molecular flexibility index (Phi) is 4.75. The molecule has 1 aliphatic rings. The molecule has 1 aliphatic heterocycles. The number of benzene rings is 1. The summed E-state index contributed by atoms with van der Waals surface area (Å²) in [5.41, 5.74) is -0.164. The Morgan fingerprint density at radius 2 is 2.17 bits per heavy atom. The third-order valence-electron chi connectivity index (χ3n) is 4.57. The zero-order valence-electron chi connectivity index (χ0n) is 12.8. The lowest BCUT2D eigenvalue weighted by Crippen LogP contribution is -2.55. The van der Waals surface area contributed by atoms with Crippen molar-refractivity contribution >= 4 is 17.3 Å². The second-order valence-corrected chi connectivity index (χ2v) is 7.03. The van der Waals surface area contributed by atoms with Crippen LogP contribution < -0.4 is 0 Å². The second-order valence-electron chi connectivity index (χ2n) is 6.05. The standard InChI is InChI=1S/C17H20N2O3S/c20-14-11-19(12-15-18-7-9-23-15)8-6-17(14,16(21)22)10-13-4-2-1-3-5-13/h1-5,7,9,14,20H,6,8,10-12H2,(H,21,22)/t14-,17-/m1/s1. The predicted molar refractivity (Wildman–Crippen MR) is 88.2 cm³/mol. The molecule has 0 spiro atoms. The van der Waals surface area contributed by atoms with Crippen molar-refractivity contribution < 1.29 is 15.0 Å². The van der Waals surface area contributed by atoms with Crippen LogP contribution in [0, 0.1) is 5.41 Å². The molecular formula is C17H20N2O3S. The summed E-state index contributed by atoms with van der Waals surface area (Å²) in [5.74, 6) is -0.914. The highest BCUT2D eigenvalue weighted by Gasteiger charge is 2.48. The van der Waals surface area contributed by atoms with Crippen molar-refractivity contribution in [3.8, 4) is 0 Å². The first kappa shape index (κ1) is 16.1. The van der Waals surface area contributed by atoms with Gasteiger partial charge in [-0.05, 0) is 24.9 Å². The van der Waals surface area contributed by atoms with E-state index in [0.29, 0.717) is 32.5 Å². The van der Waals surface area contributed by atoms with Crippen LogP contribution in [0.4, 0.5) is 0 Å². The van der Waals surface area contributed by atoms with Gasteiger partial charge in [0.25, 0.3) is 0 Å². The molecular weight excluding hydrogens is 312 g/mol.